The quantitative estimate of drug-likeness (QED) is 0.798. The summed E-state index contributed by atoms with van der Waals surface area (Å²) in [7, 11) is 1.43. The molecule has 18 heavy (non-hydrogen) atoms. The Hall–Kier alpha value is -0.710. The Kier molecular flexibility index (Phi) is 5.99. The molecule has 1 aliphatic heterocycles. The third-order valence-corrected chi connectivity index (χ3v) is 4.31. The standard InChI is InChI=1S/C13H24N2O2S/c1-8(2)6-11(12(16)17-5)15-13-14-10(4)9(3)7-18-13/h8-11H,6-7H2,1-5H3,(H,14,15). The third-order valence-electron chi connectivity index (χ3n) is 3.12. The van der Waals surface area contributed by atoms with E-state index in [1.165, 1.54) is 7.11 Å². The van der Waals surface area contributed by atoms with Crippen molar-refractivity contribution in [2.24, 2.45) is 16.8 Å². The van der Waals surface area contributed by atoms with Gasteiger partial charge in [-0.2, -0.15) is 0 Å². The van der Waals surface area contributed by atoms with Gasteiger partial charge in [0.1, 0.15) is 6.04 Å². The highest BCUT2D eigenvalue weighted by Crippen LogP contribution is 2.22. The molecule has 0 bridgehead atoms. The fourth-order valence-electron chi connectivity index (χ4n) is 1.75. The van der Waals surface area contributed by atoms with Gasteiger partial charge in [-0.15, -0.1) is 0 Å². The zero-order valence-corrected chi connectivity index (χ0v) is 12.7. The second-order valence-electron chi connectivity index (χ2n) is 5.31. The van der Waals surface area contributed by atoms with Crippen LogP contribution in [0.4, 0.5) is 0 Å². The van der Waals surface area contributed by atoms with E-state index in [4.69, 9.17) is 4.74 Å². The molecule has 0 aliphatic carbocycles. The van der Waals surface area contributed by atoms with Gasteiger partial charge in [0.25, 0.3) is 0 Å². The Labute approximate surface area is 114 Å². The minimum absolute atomic E-state index is 0.210. The topological polar surface area (TPSA) is 50.7 Å². The summed E-state index contributed by atoms with van der Waals surface area (Å²) in [4.78, 5) is 16.3. The van der Waals surface area contributed by atoms with Crippen LogP contribution in [0.15, 0.2) is 4.99 Å². The van der Waals surface area contributed by atoms with E-state index in [1.54, 1.807) is 11.8 Å². The number of rotatable bonds is 4. The molecule has 3 unspecified atom stereocenters. The number of nitrogens with zero attached hydrogens (tertiary/aromatic N) is 1. The lowest BCUT2D eigenvalue weighted by molar-refractivity contribution is -0.143. The van der Waals surface area contributed by atoms with Gasteiger partial charge >= 0.3 is 5.97 Å². The Morgan fingerprint density at radius 2 is 2.22 bits per heavy atom. The molecule has 0 saturated carbocycles. The second-order valence-corrected chi connectivity index (χ2v) is 6.32. The first-order chi connectivity index (χ1) is 8.43. The molecule has 1 N–H and O–H groups in total. The van der Waals surface area contributed by atoms with E-state index in [0.717, 1.165) is 17.3 Å². The number of ether oxygens (including phenoxy) is 1. The molecule has 0 aromatic heterocycles. The average Bonchev–Trinajstić information content (AvgIpc) is 2.31. The summed E-state index contributed by atoms with van der Waals surface area (Å²) < 4.78 is 4.84. The summed E-state index contributed by atoms with van der Waals surface area (Å²) in [5.74, 6) is 1.86. The number of methoxy groups -OCH3 is 1. The Morgan fingerprint density at radius 1 is 1.56 bits per heavy atom. The molecule has 0 spiro atoms. The number of carbonyl (C=O) groups excluding carboxylic acids is 1. The summed E-state index contributed by atoms with van der Waals surface area (Å²) in [5.41, 5.74) is 0. The molecule has 0 aromatic carbocycles. The molecular weight excluding hydrogens is 248 g/mol. The zero-order chi connectivity index (χ0) is 13.7. The van der Waals surface area contributed by atoms with Crippen LogP contribution in [-0.4, -0.2) is 36.1 Å². The maximum absolute atomic E-state index is 11.7. The van der Waals surface area contributed by atoms with Crippen LogP contribution >= 0.6 is 11.8 Å². The summed E-state index contributed by atoms with van der Waals surface area (Å²) in [6.07, 6.45) is 0.760. The van der Waals surface area contributed by atoms with Crippen LogP contribution in [0.1, 0.15) is 34.1 Å². The first-order valence-electron chi connectivity index (χ1n) is 6.49. The first-order valence-corrected chi connectivity index (χ1v) is 7.47. The first kappa shape index (κ1) is 15.3. The van der Waals surface area contributed by atoms with E-state index in [0.29, 0.717) is 17.9 Å². The van der Waals surface area contributed by atoms with Crippen molar-refractivity contribution in [1.82, 2.24) is 5.32 Å². The number of thioether (sulfide) groups is 1. The monoisotopic (exact) mass is 272 g/mol. The van der Waals surface area contributed by atoms with E-state index in [9.17, 15) is 4.79 Å². The van der Waals surface area contributed by atoms with Crippen molar-refractivity contribution in [3.63, 3.8) is 0 Å². The molecule has 4 nitrogen and oxygen atoms in total. The third kappa shape index (κ3) is 4.52. The van der Waals surface area contributed by atoms with Crippen molar-refractivity contribution in [2.75, 3.05) is 12.9 Å². The van der Waals surface area contributed by atoms with Gasteiger partial charge in [0.15, 0.2) is 5.17 Å². The number of hydrogen-bond acceptors (Lipinski definition) is 5. The van der Waals surface area contributed by atoms with E-state index in [2.05, 4.69) is 38.0 Å². The second kappa shape index (κ2) is 7.02. The maximum atomic E-state index is 11.7. The van der Waals surface area contributed by atoms with Gasteiger partial charge in [-0.1, -0.05) is 32.5 Å². The smallest absolute Gasteiger partial charge is 0.328 e. The minimum atomic E-state index is -0.290. The predicted octanol–water partition coefficient (Wildman–Crippen LogP) is 2.29. The van der Waals surface area contributed by atoms with Crippen molar-refractivity contribution in [3.8, 4) is 0 Å². The van der Waals surface area contributed by atoms with Gasteiger partial charge in [-0.3, -0.25) is 4.99 Å². The molecule has 5 heteroatoms. The molecule has 0 amide bonds. The van der Waals surface area contributed by atoms with Crippen LogP contribution in [0, 0.1) is 11.8 Å². The molecule has 1 heterocycles. The molecule has 3 atom stereocenters. The van der Waals surface area contributed by atoms with Gasteiger partial charge in [-0.05, 0) is 25.2 Å². The van der Waals surface area contributed by atoms with Crippen LogP contribution in [0.2, 0.25) is 0 Å². The van der Waals surface area contributed by atoms with Crippen LogP contribution in [0.5, 0.6) is 0 Å². The number of nitrogens with one attached hydrogen (secondary N) is 1. The van der Waals surface area contributed by atoms with Crippen LogP contribution in [0.25, 0.3) is 0 Å². The van der Waals surface area contributed by atoms with E-state index >= 15 is 0 Å². The molecule has 1 rings (SSSR count). The lowest BCUT2D eigenvalue weighted by Crippen LogP contribution is -2.43. The molecule has 0 radical (unpaired) electrons. The van der Waals surface area contributed by atoms with Crippen molar-refractivity contribution in [1.29, 1.82) is 0 Å². The van der Waals surface area contributed by atoms with Crippen molar-refractivity contribution in [3.05, 3.63) is 0 Å². The predicted molar refractivity (Wildman–Crippen MR) is 76.9 cm³/mol. The van der Waals surface area contributed by atoms with Crippen molar-refractivity contribution < 1.29 is 9.53 Å². The fraction of sp³-hybridized carbons (Fsp3) is 0.846. The minimum Gasteiger partial charge on any atom is -0.467 e. The summed E-state index contributed by atoms with van der Waals surface area (Å²) in [5, 5.41) is 4.10. The van der Waals surface area contributed by atoms with Gasteiger partial charge in [-0.25, -0.2) is 4.79 Å². The van der Waals surface area contributed by atoms with Gasteiger partial charge in [0.05, 0.1) is 13.2 Å². The lowest BCUT2D eigenvalue weighted by atomic mass is 10.0. The average molecular weight is 272 g/mol. The normalized spacial score (nSPS) is 25.6. The highest BCUT2D eigenvalue weighted by atomic mass is 32.2. The van der Waals surface area contributed by atoms with Crippen LogP contribution < -0.4 is 5.32 Å². The van der Waals surface area contributed by atoms with Crippen molar-refractivity contribution >= 4 is 22.9 Å². The Bertz CT molecular complexity index is 318. The molecule has 1 aliphatic rings. The maximum Gasteiger partial charge on any atom is 0.328 e. The van der Waals surface area contributed by atoms with Gasteiger partial charge < -0.3 is 10.1 Å². The zero-order valence-electron chi connectivity index (χ0n) is 11.9. The van der Waals surface area contributed by atoms with Gasteiger partial charge in [0, 0.05) is 5.75 Å². The highest BCUT2D eigenvalue weighted by molar-refractivity contribution is 8.13. The molecule has 104 valence electrons. The summed E-state index contributed by atoms with van der Waals surface area (Å²) in [6, 6.07) is 0.0213. The van der Waals surface area contributed by atoms with Crippen LogP contribution in [0.3, 0.4) is 0 Å². The van der Waals surface area contributed by atoms with E-state index < -0.39 is 0 Å². The molecular formula is C13H24N2O2S. The number of carbonyl (C=O) groups is 1. The number of esters is 1. The SMILES string of the molecule is COC(=O)C(CC(C)C)NC1=NC(C)C(C)CS1. The van der Waals surface area contributed by atoms with Gasteiger partial charge in [0.2, 0.25) is 0 Å². The van der Waals surface area contributed by atoms with Crippen molar-refractivity contribution in [2.45, 2.75) is 46.2 Å². The van der Waals surface area contributed by atoms with E-state index in [1.807, 2.05) is 0 Å². The largest absolute Gasteiger partial charge is 0.467 e. The fourth-order valence-corrected chi connectivity index (χ4v) is 2.92. The Morgan fingerprint density at radius 3 is 2.72 bits per heavy atom. The van der Waals surface area contributed by atoms with Crippen LogP contribution in [-0.2, 0) is 9.53 Å². The number of amidine groups is 1. The molecule has 0 fully saturated rings. The number of aliphatic imine (C=N–C) groups is 1. The lowest BCUT2D eigenvalue weighted by Gasteiger charge is -2.26. The highest BCUT2D eigenvalue weighted by Gasteiger charge is 2.25. The molecule has 0 saturated heterocycles. The van der Waals surface area contributed by atoms with E-state index in [-0.39, 0.29) is 12.0 Å². The number of hydrogen-bond donors (Lipinski definition) is 1. The Balaban J connectivity index is 2.66. The summed E-state index contributed by atoms with van der Waals surface area (Å²) >= 11 is 1.69. The summed E-state index contributed by atoms with van der Waals surface area (Å²) in [6.45, 7) is 8.50. The molecule has 0 aromatic rings.